The highest BCUT2D eigenvalue weighted by Gasteiger charge is 2.27. The van der Waals surface area contributed by atoms with Crippen LogP contribution in [0.4, 0.5) is 11.4 Å². The topological polar surface area (TPSA) is 72.2 Å². The number of aromatic nitrogens is 2. The van der Waals surface area contributed by atoms with Crippen LogP contribution in [0.2, 0.25) is 5.02 Å². The third kappa shape index (κ3) is 3.01. The lowest BCUT2D eigenvalue weighted by Gasteiger charge is -2.33. The largest absolute Gasteiger partial charge is 0.365 e. The molecule has 22 heavy (non-hydrogen) atoms. The van der Waals surface area contributed by atoms with Gasteiger partial charge in [0.2, 0.25) is 0 Å². The first-order chi connectivity index (χ1) is 10.6. The minimum Gasteiger partial charge on any atom is -0.365 e. The molecule has 0 bridgehead atoms. The Morgan fingerprint density at radius 3 is 2.95 bits per heavy atom. The second kappa shape index (κ2) is 6.27. The molecule has 2 aromatic rings. The minimum absolute atomic E-state index is 0.0517. The maximum atomic E-state index is 11.3. The molecule has 114 valence electrons. The van der Waals surface area contributed by atoms with E-state index in [9.17, 15) is 10.1 Å². The van der Waals surface area contributed by atoms with E-state index in [1.165, 1.54) is 6.07 Å². The number of hydrogen-bond acceptors (Lipinski definition) is 5. The van der Waals surface area contributed by atoms with E-state index in [4.69, 9.17) is 11.6 Å². The number of halogens is 1. The smallest absolute Gasteiger partial charge is 0.294 e. The quantitative estimate of drug-likeness (QED) is 0.640. The molecule has 1 unspecified atom stereocenters. The summed E-state index contributed by atoms with van der Waals surface area (Å²) in [6.45, 7) is 1.50. The number of anilines is 1. The summed E-state index contributed by atoms with van der Waals surface area (Å²) in [5, 5.41) is 11.6. The summed E-state index contributed by atoms with van der Waals surface area (Å²) in [4.78, 5) is 21.2. The van der Waals surface area contributed by atoms with Crippen molar-refractivity contribution < 1.29 is 4.92 Å². The van der Waals surface area contributed by atoms with Crippen LogP contribution in [0, 0.1) is 10.1 Å². The Balaban J connectivity index is 1.88. The minimum atomic E-state index is -0.379. The van der Waals surface area contributed by atoms with Crippen molar-refractivity contribution in [2.75, 3.05) is 18.0 Å². The zero-order valence-corrected chi connectivity index (χ0v) is 12.6. The Hall–Kier alpha value is -2.21. The molecule has 1 saturated heterocycles. The molecule has 7 heteroatoms. The van der Waals surface area contributed by atoms with Crippen molar-refractivity contribution in [2.24, 2.45) is 0 Å². The van der Waals surface area contributed by atoms with Gasteiger partial charge in [0.1, 0.15) is 12.0 Å². The van der Waals surface area contributed by atoms with Gasteiger partial charge in [0.05, 0.1) is 4.92 Å². The molecular weight excluding hydrogens is 304 g/mol. The first-order valence-corrected chi connectivity index (χ1v) is 7.48. The molecule has 0 N–H and O–H groups in total. The molecule has 2 heterocycles. The van der Waals surface area contributed by atoms with Crippen molar-refractivity contribution in [1.82, 2.24) is 9.97 Å². The highest BCUT2D eigenvalue weighted by molar-refractivity contribution is 6.30. The highest BCUT2D eigenvalue weighted by Crippen LogP contribution is 2.35. The zero-order chi connectivity index (χ0) is 15.5. The predicted octanol–water partition coefficient (Wildman–Crippen LogP) is 3.42. The number of nitro groups is 1. The lowest BCUT2D eigenvalue weighted by atomic mass is 9.94. The molecule has 1 aromatic heterocycles. The number of nitrogens with zero attached hydrogens (tertiary/aromatic N) is 4. The lowest BCUT2D eigenvalue weighted by molar-refractivity contribution is -0.384. The van der Waals surface area contributed by atoms with E-state index in [1.807, 2.05) is 11.0 Å². The molecule has 0 amide bonds. The van der Waals surface area contributed by atoms with Gasteiger partial charge in [0.25, 0.3) is 5.69 Å². The number of nitro benzene ring substituents is 1. The monoisotopic (exact) mass is 318 g/mol. The maximum absolute atomic E-state index is 11.3. The number of benzene rings is 1. The van der Waals surface area contributed by atoms with E-state index >= 15 is 0 Å². The van der Waals surface area contributed by atoms with Crippen molar-refractivity contribution in [3.05, 3.63) is 57.6 Å². The molecule has 1 aromatic carbocycles. The average Bonchev–Trinajstić information content (AvgIpc) is 2.55. The second-order valence-corrected chi connectivity index (χ2v) is 5.75. The number of piperidine rings is 1. The first-order valence-electron chi connectivity index (χ1n) is 7.10. The number of rotatable bonds is 3. The summed E-state index contributed by atoms with van der Waals surface area (Å²) in [7, 11) is 0. The van der Waals surface area contributed by atoms with Crippen LogP contribution in [0.1, 0.15) is 24.5 Å². The van der Waals surface area contributed by atoms with Gasteiger partial charge in [-0.05, 0) is 31.0 Å². The first kappa shape index (κ1) is 14.7. The van der Waals surface area contributed by atoms with Gasteiger partial charge < -0.3 is 4.90 Å². The van der Waals surface area contributed by atoms with Gasteiger partial charge >= 0.3 is 0 Å². The maximum Gasteiger partial charge on any atom is 0.294 e. The standard InChI is InChI=1S/C15H15ClN4O2/c16-12-3-4-14(15(8-12)20(21)22)19-7-1-2-11(9-19)13-5-6-17-10-18-13/h3-6,8,10-11H,1-2,7,9H2. The molecular formula is C15H15ClN4O2. The molecule has 3 rings (SSSR count). The molecule has 0 spiro atoms. The van der Waals surface area contributed by atoms with Crippen LogP contribution >= 0.6 is 11.6 Å². The predicted molar refractivity (Wildman–Crippen MR) is 84.3 cm³/mol. The summed E-state index contributed by atoms with van der Waals surface area (Å²) >= 11 is 5.88. The van der Waals surface area contributed by atoms with Crippen LogP contribution in [0.25, 0.3) is 0 Å². The summed E-state index contributed by atoms with van der Waals surface area (Å²) in [6.07, 6.45) is 5.26. The van der Waals surface area contributed by atoms with Crippen molar-refractivity contribution in [2.45, 2.75) is 18.8 Å². The molecule has 6 nitrogen and oxygen atoms in total. The van der Waals surface area contributed by atoms with Gasteiger partial charge in [-0.1, -0.05) is 11.6 Å². The summed E-state index contributed by atoms with van der Waals surface area (Å²) in [5.41, 5.74) is 1.65. The zero-order valence-electron chi connectivity index (χ0n) is 11.9. The molecule has 0 aliphatic carbocycles. The summed E-state index contributed by atoms with van der Waals surface area (Å²) < 4.78 is 0. The Bertz CT molecular complexity index is 680. The molecule has 1 aliphatic heterocycles. The Labute approximate surface area is 132 Å². The van der Waals surface area contributed by atoms with Gasteiger partial charge in [-0.2, -0.15) is 0 Å². The van der Waals surface area contributed by atoms with Crippen molar-refractivity contribution in [3.63, 3.8) is 0 Å². The van der Waals surface area contributed by atoms with Gasteiger partial charge in [-0.3, -0.25) is 10.1 Å². The van der Waals surface area contributed by atoms with Crippen molar-refractivity contribution in [1.29, 1.82) is 0 Å². The third-order valence-corrected chi connectivity index (χ3v) is 4.15. The van der Waals surface area contributed by atoms with Crippen LogP contribution < -0.4 is 4.90 Å². The van der Waals surface area contributed by atoms with E-state index in [0.717, 1.165) is 25.1 Å². The van der Waals surface area contributed by atoms with Crippen LogP contribution in [0.5, 0.6) is 0 Å². The van der Waals surface area contributed by atoms with E-state index in [-0.39, 0.29) is 16.5 Å². The van der Waals surface area contributed by atoms with Crippen LogP contribution in [0.3, 0.4) is 0 Å². The fourth-order valence-corrected chi connectivity index (χ4v) is 3.06. The fraction of sp³-hybridized carbons (Fsp3) is 0.333. The van der Waals surface area contributed by atoms with Crippen LogP contribution in [-0.4, -0.2) is 28.0 Å². The third-order valence-electron chi connectivity index (χ3n) is 3.92. The van der Waals surface area contributed by atoms with Crippen molar-refractivity contribution in [3.8, 4) is 0 Å². The van der Waals surface area contributed by atoms with Gasteiger partial charge in [0.15, 0.2) is 0 Å². The second-order valence-electron chi connectivity index (χ2n) is 5.31. The Morgan fingerprint density at radius 1 is 1.36 bits per heavy atom. The summed E-state index contributed by atoms with van der Waals surface area (Å²) in [6, 6.07) is 6.73. The normalized spacial score (nSPS) is 18.2. The Morgan fingerprint density at radius 2 is 2.23 bits per heavy atom. The average molecular weight is 319 g/mol. The fourth-order valence-electron chi connectivity index (χ4n) is 2.89. The molecule has 0 radical (unpaired) electrons. The van der Waals surface area contributed by atoms with E-state index in [0.29, 0.717) is 17.3 Å². The van der Waals surface area contributed by atoms with Gasteiger partial charge in [0, 0.05) is 42.0 Å². The van der Waals surface area contributed by atoms with Crippen LogP contribution in [0.15, 0.2) is 36.8 Å². The summed E-state index contributed by atoms with van der Waals surface area (Å²) in [5.74, 6) is 0.257. The molecule has 1 fully saturated rings. The van der Waals surface area contributed by atoms with Crippen LogP contribution in [-0.2, 0) is 0 Å². The van der Waals surface area contributed by atoms with E-state index in [2.05, 4.69) is 9.97 Å². The van der Waals surface area contributed by atoms with Gasteiger partial charge in [-0.25, -0.2) is 9.97 Å². The number of hydrogen-bond donors (Lipinski definition) is 0. The molecule has 1 aliphatic rings. The Kier molecular flexibility index (Phi) is 4.20. The van der Waals surface area contributed by atoms with Gasteiger partial charge in [-0.15, -0.1) is 0 Å². The van der Waals surface area contributed by atoms with E-state index < -0.39 is 0 Å². The molecule has 1 atom stereocenters. The SMILES string of the molecule is O=[N+]([O-])c1cc(Cl)ccc1N1CCCC(c2ccncn2)C1. The van der Waals surface area contributed by atoms with Crippen molar-refractivity contribution >= 4 is 23.0 Å². The lowest BCUT2D eigenvalue weighted by Crippen LogP contribution is -2.35. The highest BCUT2D eigenvalue weighted by atomic mass is 35.5. The molecule has 0 saturated carbocycles. The van der Waals surface area contributed by atoms with E-state index in [1.54, 1.807) is 24.7 Å².